The first kappa shape index (κ1) is 18.5. The van der Waals surface area contributed by atoms with Gasteiger partial charge in [-0.25, -0.2) is 4.79 Å². The molecule has 0 aliphatic carbocycles. The van der Waals surface area contributed by atoms with Gasteiger partial charge in [0.05, 0.1) is 0 Å². The van der Waals surface area contributed by atoms with Crippen LogP contribution in [0.3, 0.4) is 0 Å². The summed E-state index contributed by atoms with van der Waals surface area (Å²) in [5.41, 5.74) is 2.41. The van der Waals surface area contributed by atoms with Crippen molar-refractivity contribution in [1.29, 1.82) is 0 Å². The van der Waals surface area contributed by atoms with E-state index in [0.29, 0.717) is 12.6 Å². The third kappa shape index (κ3) is 6.48. The van der Waals surface area contributed by atoms with Gasteiger partial charge in [0.15, 0.2) is 0 Å². The van der Waals surface area contributed by atoms with Crippen LogP contribution in [0.2, 0.25) is 0 Å². The number of benzene rings is 1. The van der Waals surface area contributed by atoms with E-state index in [-0.39, 0.29) is 6.03 Å². The van der Waals surface area contributed by atoms with Crippen LogP contribution in [-0.2, 0) is 6.54 Å². The Hall–Kier alpha value is -1.55. The number of hydrogen-bond donors (Lipinski definition) is 1. The lowest BCUT2D eigenvalue weighted by Crippen LogP contribution is -2.37. The highest BCUT2D eigenvalue weighted by Crippen LogP contribution is 2.09. The second kappa shape index (κ2) is 9.46. The Morgan fingerprint density at radius 3 is 2.50 bits per heavy atom. The summed E-state index contributed by atoms with van der Waals surface area (Å²) >= 11 is 0. The van der Waals surface area contributed by atoms with Crippen LogP contribution in [0.1, 0.15) is 37.8 Å². The zero-order valence-electron chi connectivity index (χ0n) is 14.7. The van der Waals surface area contributed by atoms with E-state index in [0.717, 1.165) is 25.9 Å². The summed E-state index contributed by atoms with van der Waals surface area (Å²) in [6, 6.07) is 8.76. The molecule has 1 rings (SSSR count). The molecule has 0 fully saturated rings. The number of amides is 2. The van der Waals surface area contributed by atoms with E-state index in [1.807, 2.05) is 19.2 Å². The predicted octanol–water partition coefficient (Wildman–Crippen LogP) is 3.26. The van der Waals surface area contributed by atoms with Gasteiger partial charge in [0.1, 0.15) is 0 Å². The largest absolute Gasteiger partial charge is 0.338 e. The smallest absolute Gasteiger partial charge is 0.317 e. The SMILES string of the molecule is Cc1ccccc1CN(C)C(=O)NCCCCN(C)C(C)C. The summed E-state index contributed by atoms with van der Waals surface area (Å²) in [6.07, 6.45) is 2.12. The summed E-state index contributed by atoms with van der Waals surface area (Å²) in [5, 5.41) is 2.99. The number of nitrogens with zero attached hydrogens (tertiary/aromatic N) is 2. The molecule has 0 bridgehead atoms. The number of urea groups is 1. The molecule has 0 saturated heterocycles. The molecule has 0 heterocycles. The van der Waals surface area contributed by atoms with Crippen LogP contribution in [-0.4, -0.2) is 49.1 Å². The zero-order chi connectivity index (χ0) is 16.5. The summed E-state index contributed by atoms with van der Waals surface area (Å²) in [7, 11) is 3.98. The molecule has 1 aromatic rings. The number of nitrogens with one attached hydrogen (secondary N) is 1. The molecule has 0 aliphatic rings. The van der Waals surface area contributed by atoms with Crippen LogP contribution in [0, 0.1) is 6.92 Å². The van der Waals surface area contributed by atoms with Crippen molar-refractivity contribution in [1.82, 2.24) is 15.1 Å². The molecule has 0 aromatic heterocycles. The van der Waals surface area contributed by atoms with E-state index < -0.39 is 0 Å². The van der Waals surface area contributed by atoms with Gasteiger partial charge in [0, 0.05) is 26.2 Å². The van der Waals surface area contributed by atoms with Gasteiger partial charge in [-0.3, -0.25) is 0 Å². The lowest BCUT2D eigenvalue weighted by molar-refractivity contribution is 0.206. The lowest BCUT2D eigenvalue weighted by Gasteiger charge is -2.21. The van der Waals surface area contributed by atoms with Gasteiger partial charge in [-0.1, -0.05) is 24.3 Å². The van der Waals surface area contributed by atoms with Crippen LogP contribution < -0.4 is 5.32 Å². The van der Waals surface area contributed by atoms with Gasteiger partial charge in [-0.05, 0) is 58.3 Å². The highest BCUT2D eigenvalue weighted by Gasteiger charge is 2.09. The van der Waals surface area contributed by atoms with Crippen molar-refractivity contribution in [3.63, 3.8) is 0 Å². The summed E-state index contributed by atoms with van der Waals surface area (Å²) in [6.45, 7) is 8.93. The first-order chi connectivity index (χ1) is 10.4. The van der Waals surface area contributed by atoms with Crippen molar-refractivity contribution >= 4 is 6.03 Å². The average Bonchev–Trinajstić information content (AvgIpc) is 2.48. The van der Waals surface area contributed by atoms with Crippen molar-refractivity contribution in [2.75, 3.05) is 27.2 Å². The van der Waals surface area contributed by atoms with Crippen LogP contribution in [0.15, 0.2) is 24.3 Å². The first-order valence-electron chi connectivity index (χ1n) is 8.15. The maximum atomic E-state index is 12.1. The Labute approximate surface area is 135 Å². The summed E-state index contributed by atoms with van der Waals surface area (Å²) in [5.74, 6) is 0. The molecule has 0 atom stereocenters. The van der Waals surface area contributed by atoms with Gasteiger partial charge < -0.3 is 15.1 Å². The fourth-order valence-electron chi connectivity index (χ4n) is 2.19. The second-order valence-corrected chi connectivity index (χ2v) is 6.30. The molecule has 0 saturated carbocycles. The average molecular weight is 305 g/mol. The number of rotatable bonds is 8. The molecular weight excluding hydrogens is 274 g/mol. The highest BCUT2D eigenvalue weighted by molar-refractivity contribution is 5.73. The number of carbonyl (C=O) groups is 1. The fraction of sp³-hybridized carbons (Fsp3) is 0.611. The fourth-order valence-corrected chi connectivity index (χ4v) is 2.19. The molecule has 124 valence electrons. The molecule has 0 unspecified atom stereocenters. The molecule has 4 nitrogen and oxygen atoms in total. The maximum absolute atomic E-state index is 12.1. The van der Waals surface area contributed by atoms with Crippen molar-refractivity contribution in [2.24, 2.45) is 0 Å². The van der Waals surface area contributed by atoms with Crippen LogP contribution in [0.25, 0.3) is 0 Å². The van der Waals surface area contributed by atoms with Gasteiger partial charge in [0.2, 0.25) is 0 Å². The Morgan fingerprint density at radius 2 is 1.86 bits per heavy atom. The van der Waals surface area contributed by atoms with E-state index in [9.17, 15) is 4.79 Å². The number of carbonyl (C=O) groups excluding carboxylic acids is 1. The minimum atomic E-state index is 0.000433. The van der Waals surface area contributed by atoms with Gasteiger partial charge >= 0.3 is 6.03 Å². The van der Waals surface area contributed by atoms with Gasteiger partial charge in [-0.2, -0.15) is 0 Å². The molecule has 0 spiro atoms. The van der Waals surface area contributed by atoms with Gasteiger partial charge in [0.25, 0.3) is 0 Å². The number of unbranched alkanes of at least 4 members (excludes halogenated alkanes) is 1. The van der Waals surface area contributed by atoms with Crippen molar-refractivity contribution in [3.05, 3.63) is 35.4 Å². The van der Waals surface area contributed by atoms with Crippen molar-refractivity contribution < 1.29 is 4.79 Å². The van der Waals surface area contributed by atoms with Gasteiger partial charge in [-0.15, -0.1) is 0 Å². The molecule has 2 amide bonds. The third-order valence-corrected chi connectivity index (χ3v) is 4.11. The minimum absolute atomic E-state index is 0.000433. The minimum Gasteiger partial charge on any atom is -0.338 e. The summed E-state index contributed by atoms with van der Waals surface area (Å²) in [4.78, 5) is 16.1. The predicted molar refractivity (Wildman–Crippen MR) is 93.0 cm³/mol. The van der Waals surface area contributed by atoms with E-state index in [1.165, 1.54) is 11.1 Å². The Morgan fingerprint density at radius 1 is 1.18 bits per heavy atom. The molecule has 1 N–H and O–H groups in total. The quantitative estimate of drug-likeness (QED) is 0.748. The molecule has 22 heavy (non-hydrogen) atoms. The second-order valence-electron chi connectivity index (χ2n) is 6.30. The molecule has 1 aromatic carbocycles. The van der Waals surface area contributed by atoms with E-state index >= 15 is 0 Å². The van der Waals surface area contributed by atoms with E-state index in [2.05, 4.69) is 50.2 Å². The normalized spacial score (nSPS) is 11.0. The van der Waals surface area contributed by atoms with Crippen LogP contribution >= 0.6 is 0 Å². The van der Waals surface area contributed by atoms with E-state index in [1.54, 1.807) is 4.90 Å². The maximum Gasteiger partial charge on any atom is 0.317 e. The number of aryl methyl sites for hydroxylation is 1. The molecule has 4 heteroatoms. The Kier molecular flexibility index (Phi) is 7.96. The summed E-state index contributed by atoms with van der Waals surface area (Å²) < 4.78 is 0. The van der Waals surface area contributed by atoms with Crippen LogP contribution in [0.4, 0.5) is 4.79 Å². The lowest BCUT2D eigenvalue weighted by atomic mass is 10.1. The third-order valence-electron chi connectivity index (χ3n) is 4.11. The Bertz CT molecular complexity index is 459. The standard InChI is InChI=1S/C18H31N3O/c1-15(2)20(4)13-9-8-12-19-18(22)21(5)14-17-11-7-6-10-16(17)3/h6-7,10-11,15H,8-9,12-14H2,1-5H3,(H,19,22). The van der Waals surface area contributed by atoms with Crippen LogP contribution in [0.5, 0.6) is 0 Å². The van der Waals surface area contributed by atoms with E-state index in [4.69, 9.17) is 0 Å². The molecule has 0 radical (unpaired) electrons. The van der Waals surface area contributed by atoms with Crippen molar-refractivity contribution in [3.8, 4) is 0 Å². The molecular formula is C18H31N3O. The zero-order valence-corrected chi connectivity index (χ0v) is 14.7. The van der Waals surface area contributed by atoms with Crippen molar-refractivity contribution in [2.45, 2.75) is 46.2 Å². The number of hydrogen-bond acceptors (Lipinski definition) is 2. The topological polar surface area (TPSA) is 35.6 Å². The molecule has 0 aliphatic heterocycles. The first-order valence-corrected chi connectivity index (χ1v) is 8.15. The monoisotopic (exact) mass is 305 g/mol. The highest BCUT2D eigenvalue weighted by atomic mass is 16.2. The Balaban J connectivity index is 2.23.